The lowest BCUT2D eigenvalue weighted by Gasteiger charge is -2.39. The number of carbonyl (C=O) groups is 2. The zero-order valence-electron chi connectivity index (χ0n) is 14.7. The van der Waals surface area contributed by atoms with E-state index in [1.807, 2.05) is 30.0 Å². The Morgan fingerprint density at radius 3 is 2.67 bits per heavy atom. The van der Waals surface area contributed by atoms with Crippen molar-refractivity contribution >= 4 is 17.5 Å². The second-order valence-corrected chi connectivity index (χ2v) is 6.99. The molecule has 1 aromatic rings. The number of nitrogens with zero attached hydrogens (tertiary/aromatic N) is 2. The van der Waals surface area contributed by atoms with Crippen molar-refractivity contribution in [3.63, 3.8) is 0 Å². The van der Waals surface area contributed by atoms with Crippen molar-refractivity contribution in [2.45, 2.75) is 58.5 Å². The van der Waals surface area contributed by atoms with Crippen LogP contribution in [0.15, 0.2) is 18.2 Å². The first-order valence-electron chi connectivity index (χ1n) is 8.82. The summed E-state index contributed by atoms with van der Waals surface area (Å²) in [5.74, 6) is 0.774. The number of hydrogen-bond donors (Lipinski definition) is 0. The maximum Gasteiger partial charge on any atom is 0.265 e. The van der Waals surface area contributed by atoms with Crippen molar-refractivity contribution in [1.82, 2.24) is 4.90 Å². The molecule has 1 fully saturated rings. The van der Waals surface area contributed by atoms with Crippen LogP contribution < -0.4 is 9.64 Å². The van der Waals surface area contributed by atoms with Crippen molar-refractivity contribution in [1.29, 1.82) is 0 Å². The number of likely N-dealkylation sites (tertiary alicyclic amines) is 1. The van der Waals surface area contributed by atoms with Gasteiger partial charge in [-0.3, -0.25) is 9.59 Å². The zero-order valence-corrected chi connectivity index (χ0v) is 14.7. The van der Waals surface area contributed by atoms with E-state index >= 15 is 0 Å². The van der Waals surface area contributed by atoms with Crippen molar-refractivity contribution in [3.05, 3.63) is 23.8 Å². The summed E-state index contributed by atoms with van der Waals surface area (Å²) in [7, 11) is 0. The van der Waals surface area contributed by atoms with Gasteiger partial charge in [-0.2, -0.15) is 0 Å². The molecule has 2 unspecified atom stereocenters. The van der Waals surface area contributed by atoms with Crippen LogP contribution in [0.1, 0.15) is 45.1 Å². The molecule has 2 heterocycles. The third-order valence-electron chi connectivity index (χ3n) is 5.09. The summed E-state index contributed by atoms with van der Waals surface area (Å²) in [6, 6.07) is 6.38. The van der Waals surface area contributed by atoms with Crippen LogP contribution in [-0.2, 0) is 9.59 Å². The summed E-state index contributed by atoms with van der Waals surface area (Å²) in [5, 5.41) is 0. The van der Waals surface area contributed by atoms with Gasteiger partial charge in [0.2, 0.25) is 5.91 Å². The Kier molecular flexibility index (Phi) is 4.78. The third kappa shape index (κ3) is 3.25. The molecule has 2 atom stereocenters. The highest BCUT2D eigenvalue weighted by molar-refractivity contribution is 5.98. The van der Waals surface area contributed by atoms with E-state index in [4.69, 9.17) is 4.74 Å². The molecule has 2 aliphatic heterocycles. The molecule has 130 valence electrons. The van der Waals surface area contributed by atoms with Gasteiger partial charge >= 0.3 is 0 Å². The van der Waals surface area contributed by atoms with E-state index in [2.05, 4.69) is 13.8 Å². The van der Waals surface area contributed by atoms with Gasteiger partial charge in [0.25, 0.3) is 5.91 Å². The minimum absolute atomic E-state index is 0.0424. The highest BCUT2D eigenvalue weighted by Crippen LogP contribution is 2.33. The summed E-state index contributed by atoms with van der Waals surface area (Å²) in [5.41, 5.74) is 1.85. The molecule has 0 aliphatic carbocycles. The summed E-state index contributed by atoms with van der Waals surface area (Å²) in [6.07, 6.45) is 3.66. The topological polar surface area (TPSA) is 49.9 Å². The number of fused-ring (bicyclic) bond motifs is 1. The van der Waals surface area contributed by atoms with E-state index in [1.165, 1.54) is 6.42 Å². The van der Waals surface area contributed by atoms with Crippen molar-refractivity contribution < 1.29 is 14.3 Å². The van der Waals surface area contributed by atoms with Gasteiger partial charge in [-0.15, -0.1) is 0 Å². The standard InChI is InChI=1S/C19H26N2O3/c1-13-7-8-17-16(11-13)20(19(23)12-24-17)10-9-18(22)21-14(2)5-4-6-15(21)3/h7-8,11,14-15H,4-6,9-10,12H2,1-3H3. The van der Waals surface area contributed by atoms with Crippen LogP contribution in [0.25, 0.3) is 0 Å². The highest BCUT2D eigenvalue weighted by Gasteiger charge is 2.31. The molecule has 24 heavy (non-hydrogen) atoms. The molecule has 1 saturated heterocycles. The summed E-state index contributed by atoms with van der Waals surface area (Å²) >= 11 is 0. The van der Waals surface area contributed by atoms with Gasteiger partial charge < -0.3 is 14.5 Å². The van der Waals surface area contributed by atoms with Crippen molar-refractivity contribution in [2.24, 2.45) is 0 Å². The zero-order chi connectivity index (χ0) is 17.3. The molecule has 3 rings (SSSR count). The highest BCUT2D eigenvalue weighted by atomic mass is 16.5. The lowest BCUT2D eigenvalue weighted by molar-refractivity contribution is -0.137. The fourth-order valence-corrected chi connectivity index (χ4v) is 3.81. The van der Waals surface area contributed by atoms with Crippen LogP contribution in [0.5, 0.6) is 5.75 Å². The van der Waals surface area contributed by atoms with Gasteiger partial charge in [0, 0.05) is 25.0 Å². The summed E-state index contributed by atoms with van der Waals surface area (Å²) < 4.78 is 5.49. The van der Waals surface area contributed by atoms with Crippen LogP contribution in [0.3, 0.4) is 0 Å². The Morgan fingerprint density at radius 2 is 1.96 bits per heavy atom. The Bertz CT molecular complexity index is 633. The normalized spacial score (nSPS) is 23.7. The van der Waals surface area contributed by atoms with E-state index in [9.17, 15) is 9.59 Å². The maximum atomic E-state index is 12.7. The number of hydrogen-bond acceptors (Lipinski definition) is 3. The molecule has 5 nitrogen and oxygen atoms in total. The first kappa shape index (κ1) is 16.8. The van der Waals surface area contributed by atoms with E-state index in [0.717, 1.165) is 24.1 Å². The predicted molar refractivity (Wildman–Crippen MR) is 93.3 cm³/mol. The molecular formula is C19H26N2O3. The number of ether oxygens (including phenoxy) is 1. The number of rotatable bonds is 3. The van der Waals surface area contributed by atoms with Crippen LogP contribution >= 0.6 is 0 Å². The van der Waals surface area contributed by atoms with E-state index in [-0.39, 0.29) is 30.5 Å². The SMILES string of the molecule is Cc1ccc2c(c1)N(CCC(=O)N1C(C)CCCC1C)C(=O)CO2. The Balaban J connectivity index is 1.71. The molecule has 0 spiro atoms. The van der Waals surface area contributed by atoms with Gasteiger partial charge in [0.05, 0.1) is 5.69 Å². The quantitative estimate of drug-likeness (QED) is 0.856. The van der Waals surface area contributed by atoms with Crippen LogP contribution in [-0.4, -0.2) is 41.9 Å². The van der Waals surface area contributed by atoms with E-state index in [0.29, 0.717) is 18.7 Å². The number of amides is 2. The smallest absolute Gasteiger partial charge is 0.265 e. The second-order valence-electron chi connectivity index (χ2n) is 6.99. The Labute approximate surface area is 143 Å². The minimum Gasteiger partial charge on any atom is -0.482 e. The minimum atomic E-state index is -0.0827. The second kappa shape index (κ2) is 6.83. The molecule has 0 aromatic heterocycles. The third-order valence-corrected chi connectivity index (χ3v) is 5.09. The average molecular weight is 330 g/mol. The number of aryl methyl sites for hydroxylation is 1. The van der Waals surface area contributed by atoms with Crippen LogP contribution in [0.2, 0.25) is 0 Å². The van der Waals surface area contributed by atoms with Gasteiger partial charge in [-0.1, -0.05) is 6.07 Å². The molecule has 5 heteroatoms. The lowest BCUT2D eigenvalue weighted by Crippen LogP contribution is -2.49. The first-order chi connectivity index (χ1) is 11.5. The van der Waals surface area contributed by atoms with Crippen molar-refractivity contribution in [3.8, 4) is 5.75 Å². The first-order valence-corrected chi connectivity index (χ1v) is 8.82. The summed E-state index contributed by atoms with van der Waals surface area (Å²) in [6.45, 7) is 6.67. The van der Waals surface area contributed by atoms with E-state index in [1.54, 1.807) is 4.90 Å². The monoisotopic (exact) mass is 330 g/mol. The molecule has 2 amide bonds. The fraction of sp³-hybridized carbons (Fsp3) is 0.579. The van der Waals surface area contributed by atoms with Gasteiger partial charge in [0.1, 0.15) is 5.75 Å². The van der Waals surface area contributed by atoms with Crippen molar-refractivity contribution in [2.75, 3.05) is 18.1 Å². The largest absolute Gasteiger partial charge is 0.482 e. The molecular weight excluding hydrogens is 304 g/mol. The predicted octanol–water partition coefficient (Wildman–Crippen LogP) is 2.90. The summed E-state index contributed by atoms with van der Waals surface area (Å²) in [4.78, 5) is 28.7. The maximum absolute atomic E-state index is 12.7. The number of piperidine rings is 1. The Morgan fingerprint density at radius 1 is 1.25 bits per heavy atom. The number of anilines is 1. The van der Waals surface area contributed by atoms with Crippen LogP contribution in [0.4, 0.5) is 5.69 Å². The lowest BCUT2D eigenvalue weighted by atomic mass is 9.97. The molecule has 0 N–H and O–H groups in total. The van der Waals surface area contributed by atoms with Gasteiger partial charge in [-0.05, 0) is 57.7 Å². The van der Waals surface area contributed by atoms with Gasteiger partial charge in [0.15, 0.2) is 6.61 Å². The fourth-order valence-electron chi connectivity index (χ4n) is 3.81. The van der Waals surface area contributed by atoms with Crippen LogP contribution in [0, 0.1) is 6.92 Å². The molecule has 1 aromatic carbocycles. The molecule has 0 saturated carbocycles. The Hall–Kier alpha value is -2.04. The molecule has 2 aliphatic rings. The number of benzene rings is 1. The molecule has 0 radical (unpaired) electrons. The average Bonchev–Trinajstić information content (AvgIpc) is 2.53. The molecule has 0 bridgehead atoms. The van der Waals surface area contributed by atoms with E-state index < -0.39 is 0 Å². The number of carbonyl (C=O) groups excluding carboxylic acids is 2. The van der Waals surface area contributed by atoms with Gasteiger partial charge in [-0.25, -0.2) is 0 Å².